The van der Waals surface area contributed by atoms with Gasteiger partial charge >= 0.3 is 0 Å². The van der Waals surface area contributed by atoms with Gasteiger partial charge in [0, 0.05) is 27.4 Å². The van der Waals surface area contributed by atoms with Gasteiger partial charge in [0.05, 0.1) is 0 Å². The van der Waals surface area contributed by atoms with Crippen molar-refractivity contribution in [2.75, 3.05) is 7.05 Å². The molecule has 2 nitrogen and oxygen atoms in total. The van der Waals surface area contributed by atoms with Crippen LogP contribution in [0.3, 0.4) is 0 Å². The molecule has 94 valence electrons. The molecule has 0 aliphatic rings. The Balaban J connectivity index is 2.26. The molecule has 0 amide bonds. The molecule has 2 rings (SSSR count). The lowest BCUT2D eigenvalue weighted by Crippen LogP contribution is -2.19. The van der Waals surface area contributed by atoms with E-state index in [-0.39, 0.29) is 6.04 Å². The molecule has 0 fully saturated rings. The summed E-state index contributed by atoms with van der Waals surface area (Å²) in [6.07, 6.45) is 4.60. The van der Waals surface area contributed by atoms with Crippen LogP contribution in [-0.4, -0.2) is 12.0 Å². The number of nitrogens with zero attached hydrogens (tertiary/aromatic N) is 1. The third-order valence-electron chi connectivity index (χ3n) is 2.87. The van der Waals surface area contributed by atoms with E-state index in [1.54, 1.807) is 0 Å². The number of nitrogens with one attached hydrogen (secondary N) is 1. The molecule has 18 heavy (non-hydrogen) atoms. The summed E-state index contributed by atoms with van der Waals surface area (Å²) in [5, 5.41) is 3.36. The van der Waals surface area contributed by atoms with E-state index in [0.29, 0.717) is 0 Å². The van der Waals surface area contributed by atoms with Crippen molar-refractivity contribution < 1.29 is 0 Å². The van der Waals surface area contributed by atoms with Crippen LogP contribution in [0.15, 0.2) is 51.7 Å². The highest BCUT2D eigenvalue weighted by atomic mass is 79.9. The number of aromatic nitrogens is 1. The minimum Gasteiger partial charge on any atom is -0.313 e. The van der Waals surface area contributed by atoms with E-state index in [9.17, 15) is 0 Å². The Bertz CT molecular complexity index is 514. The van der Waals surface area contributed by atoms with Gasteiger partial charge in [0.2, 0.25) is 0 Å². The van der Waals surface area contributed by atoms with Gasteiger partial charge in [-0.3, -0.25) is 4.98 Å². The fraction of sp³-hybridized carbons (Fsp3) is 0.214. The van der Waals surface area contributed by atoms with Crippen molar-refractivity contribution in [1.29, 1.82) is 0 Å². The SMILES string of the molecule is CNC(Cc1ccncc1)c1cc(Br)ccc1Br. The molecule has 0 aliphatic carbocycles. The zero-order valence-corrected chi connectivity index (χ0v) is 13.2. The standard InChI is InChI=1S/C14H14Br2N2/c1-17-14(8-10-4-6-18-7-5-10)12-9-11(15)2-3-13(12)16/h2-7,9,14,17H,8H2,1H3. The van der Waals surface area contributed by atoms with Crippen molar-refractivity contribution in [2.24, 2.45) is 0 Å². The molecule has 1 N–H and O–H groups in total. The second kappa shape index (κ2) is 6.45. The highest BCUT2D eigenvalue weighted by Gasteiger charge is 2.13. The molecule has 0 radical (unpaired) electrons. The number of hydrogen-bond donors (Lipinski definition) is 1. The average molecular weight is 370 g/mol. The van der Waals surface area contributed by atoms with Gasteiger partial charge in [0.15, 0.2) is 0 Å². The maximum atomic E-state index is 4.05. The number of rotatable bonds is 4. The molecule has 0 spiro atoms. The van der Waals surface area contributed by atoms with Crippen molar-refractivity contribution in [3.8, 4) is 0 Å². The normalized spacial score (nSPS) is 12.4. The molecule has 0 bridgehead atoms. The molecule has 1 aromatic heterocycles. The molecule has 1 atom stereocenters. The third kappa shape index (κ3) is 3.40. The van der Waals surface area contributed by atoms with Gasteiger partial charge in [-0.25, -0.2) is 0 Å². The predicted molar refractivity (Wildman–Crippen MR) is 81.6 cm³/mol. The molecule has 1 heterocycles. The summed E-state index contributed by atoms with van der Waals surface area (Å²) in [5.41, 5.74) is 2.53. The maximum Gasteiger partial charge on any atom is 0.0370 e. The Hall–Kier alpha value is -0.710. The smallest absolute Gasteiger partial charge is 0.0370 e. The van der Waals surface area contributed by atoms with E-state index in [4.69, 9.17) is 0 Å². The van der Waals surface area contributed by atoms with E-state index < -0.39 is 0 Å². The third-order valence-corrected chi connectivity index (χ3v) is 4.09. The van der Waals surface area contributed by atoms with Crippen LogP contribution in [0.2, 0.25) is 0 Å². The van der Waals surface area contributed by atoms with Crippen LogP contribution < -0.4 is 5.32 Å². The average Bonchev–Trinajstić information content (AvgIpc) is 2.40. The monoisotopic (exact) mass is 368 g/mol. The fourth-order valence-electron chi connectivity index (χ4n) is 1.90. The van der Waals surface area contributed by atoms with Crippen molar-refractivity contribution in [1.82, 2.24) is 10.3 Å². The second-order valence-corrected chi connectivity index (χ2v) is 5.84. The van der Waals surface area contributed by atoms with E-state index in [0.717, 1.165) is 15.4 Å². The predicted octanol–water partition coefficient (Wildman–Crippen LogP) is 4.11. The lowest BCUT2D eigenvalue weighted by molar-refractivity contribution is 0.589. The van der Waals surface area contributed by atoms with E-state index in [1.165, 1.54) is 11.1 Å². The van der Waals surface area contributed by atoms with E-state index >= 15 is 0 Å². The van der Waals surface area contributed by atoms with Crippen LogP contribution in [-0.2, 0) is 6.42 Å². The number of hydrogen-bond acceptors (Lipinski definition) is 2. The van der Waals surface area contributed by atoms with Crippen LogP contribution in [0.4, 0.5) is 0 Å². The molecule has 0 aliphatic heterocycles. The summed E-state index contributed by atoms with van der Waals surface area (Å²) in [6, 6.07) is 10.6. The number of benzene rings is 1. The van der Waals surface area contributed by atoms with Gasteiger partial charge in [-0.15, -0.1) is 0 Å². The van der Waals surface area contributed by atoms with Gasteiger partial charge in [-0.2, -0.15) is 0 Å². The summed E-state index contributed by atoms with van der Waals surface area (Å²) < 4.78 is 2.22. The zero-order valence-electron chi connectivity index (χ0n) is 10.0. The van der Waals surface area contributed by atoms with Crippen molar-refractivity contribution >= 4 is 31.9 Å². The quantitative estimate of drug-likeness (QED) is 0.877. The molecule has 0 saturated carbocycles. The maximum absolute atomic E-state index is 4.05. The van der Waals surface area contributed by atoms with Crippen molar-refractivity contribution in [2.45, 2.75) is 12.5 Å². The van der Waals surface area contributed by atoms with Crippen LogP contribution in [0.5, 0.6) is 0 Å². The van der Waals surface area contributed by atoms with E-state index in [2.05, 4.69) is 66.4 Å². The van der Waals surface area contributed by atoms with Crippen molar-refractivity contribution in [3.63, 3.8) is 0 Å². The lowest BCUT2D eigenvalue weighted by atomic mass is 10.00. The summed E-state index contributed by atoms with van der Waals surface area (Å²) in [6.45, 7) is 0. The first-order valence-corrected chi connectivity index (χ1v) is 7.30. The Morgan fingerprint density at radius 1 is 1.17 bits per heavy atom. The number of likely N-dealkylation sites (N-methyl/N-ethyl adjacent to an activating group) is 1. The fourth-order valence-corrected chi connectivity index (χ4v) is 2.81. The van der Waals surface area contributed by atoms with Gasteiger partial charge in [0.25, 0.3) is 0 Å². The van der Waals surface area contributed by atoms with Crippen LogP contribution >= 0.6 is 31.9 Å². The highest BCUT2D eigenvalue weighted by molar-refractivity contribution is 9.11. The molecular weight excluding hydrogens is 356 g/mol. The summed E-state index contributed by atoms with van der Waals surface area (Å²) in [7, 11) is 1.99. The van der Waals surface area contributed by atoms with Crippen molar-refractivity contribution in [3.05, 3.63) is 62.8 Å². The second-order valence-electron chi connectivity index (χ2n) is 4.07. The van der Waals surface area contributed by atoms with E-state index in [1.807, 2.05) is 25.5 Å². The molecule has 2 aromatic rings. The summed E-state index contributed by atoms with van der Waals surface area (Å²) in [5.74, 6) is 0. The zero-order chi connectivity index (χ0) is 13.0. The number of pyridine rings is 1. The molecule has 1 unspecified atom stereocenters. The van der Waals surface area contributed by atoms with Crippen LogP contribution in [0.25, 0.3) is 0 Å². The Morgan fingerprint density at radius 2 is 1.89 bits per heavy atom. The summed E-state index contributed by atoms with van der Waals surface area (Å²) in [4.78, 5) is 4.05. The molecular formula is C14H14Br2N2. The molecule has 4 heteroatoms. The largest absolute Gasteiger partial charge is 0.313 e. The van der Waals surface area contributed by atoms with Gasteiger partial charge in [-0.1, -0.05) is 31.9 Å². The minimum absolute atomic E-state index is 0.277. The lowest BCUT2D eigenvalue weighted by Gasteiger charge is -2.18. The van der Waals surface area contributed by atoms with Crippen LogP contribution in [0.1, 0.15) is 17.2 Å². The highest BCUT2D eigenvalue weighted by Crippen LogP contribution is 2.28. The first-order valence-electron chi connectivity index (χ1n) is 5.72. The first-order chi connectivity index (χ1) is 8.70. The Kier molecular flexibility index (Phi) is 4.92. The van der Waals surface area contributed by atoms with Gasteiger partial charge < -0.3 is 5.32 Å². The topological polar surface area (TPSA) is 24.9 Å². The Morgan fingerprint density at radius 3 is 2.56 bits per heavy atom. The Labute approximate surface area is 124 Å². The number of halogens is 2. The molecule has 0 saturated heterocycles. The van der Waals surface area contributed by atoms with Gasteiger partial charge in [0.1, 0.15) is 0 Å². The first kappa shape index (κ1) is 13.7. The molecule has 1 aromatic carbocycles. The van der Waals surface area contributed by atoms with Crippen LogP contribution in [0, 0.1) is 0 Å². The van der Waals surface area contributed by atoms with Gasteiger partial charge in [-0.05, 0) is 54.9 Å². The summed E-state index contributed by atoms with van der Waals surface area (Å²) >= 11 is 7.13. The minimum atomic E-state index is 0.277.